The summed E-state index contributed by atoms with van der Waals surface area (Å²) in [6.45, 7) is 0. The minimum Gasteiger partial charge on any atom is -0.444 e. The minimum absolute atomic E-state index is 0.113. The lowest BCUT2D eigenvalue weighted by Crippen LogP contribution is -2.10. The van der Waals surface area contributed by atoms with Crippen LogP contribution in [0.5, 0.6) is 0 Å². The number of nitrogens with zero attached hydrogens (tertiary/aromatic N) is 1. The number of oxazole rings is 1. The summed E-state index contributed by atoms with van der Waals surface area (Å²) in [5.41, 5.74) is 12.1. The monoisotopic (exact) mass is 203 g/mol. The minimum atomic E-state index is -0.611. The van der Waals surface area contributed by atoms with Crippen LogP contribution in [0, 0.1) is 0 Å². The Balaban J connectivity index is 2.37. The summed E-state index contributed by atoms with van der Waals surface area (Å²) in [6, 6.07) is 6.96. The molecule has 2 aromatic rings. The van der Waals surface area contributed by atoms with E-state index in [1.54, 1.807) is 24.3 Å². The van der Waals surface area contributed by atoms with Crippen LogP contribution in [0.4, 0.5) is 5.69 Å². The Bertz CT molecular complexity index is 488. The van der Waals surface area contributed by atoms with Crippen molar-refractivity contribution in [3.8, 4) is 11.5 Å². The van der Waals surface area contributed by atoms with Crippen LogP contribution in [0.3, 0.4) is 0 Å². The Labute approximate surface area is 85.7 Å². The second-order valence-electron chi connectivity index (χ2n) is 3.02. The summed E-state index contributed by atoms with van der Waals surface area (Å²) in [4.78, 5) is 14.7. The highest BCUT2D eigenvalue weighted by molar-refractivity contribution is 5.90. The number of nitrogens with two attached hydrogens (primary N) is 2. The molecule has 0 radical (unpaired) electrons. The summed E-state index contributed by atoms with van der Waals surface area (Å²) < 4.78 is 5.10. The van der Waals surface area contributed by atoms with Gasteiger partial charge in [-0.15, -0.1) is 0 Å². The number of nitrogen functional groups attached to an aromatic ring is 1. The molecule has 1 amide bonds. The summed E-state index contributed by atoms with van der Waals surface area (Å²) >= 11 is 0. The standard InChI is InChI=1S/C10H9N3O2/c11-7-3-1-6(2-4-7)10-13-8(5-15-10)9(12)14/h1-5H,11H2,(H2,12,14). The van der Waals surface area contributed by atoms with E-state index in [4.69, 9.17) is 15.9 Å². The van der Waals surface area contributed by atoms with Crippen molar-refractivity contribution in [3.63, 3.8) is 0 Å². The summed E-state index contributed by atoms with van der Waals surface area (Å²) in [5.74, 6) is -0.260. The van der Waals surface area contributed by atoms with E-state index in [0.717, 1.165) is 5.56 Å². The number of primary amides is 1. The molecule has 0 fully saturated rings. The zero-order valence-corrected chi connectivity index (χ0v) is 7.81. The third-order valence-electron chi connectivity index (χ3n) is 1.91. The number of anilines is 1. The number of hydrogen-bond donors (Lipinski definition) is 2. The fourth-order valence-corrected chi connectivity index (χ4v) is 1.15. The van der Waals surface area contributed by atoms with Crippen molar-refractivity contribution in [2.45, 2.75) is 0 Å². The van der Waals surface area contributed by atoms with Gasteiger partial charge < -0.3 is 15.9 Å². The van der Waals surface area contributed by atoms with Gasteiger partial charge in [0.05, 0.1) is 0 Å². The van der Waals surface area contributed by atoms with Gasteiger partial charge in [0.2, 0.25) is 5.89 Å². The molecule has 1 heterocycles. The van der Waals surface area contributed by atoms with E-state index in [9.17, 15) is 4.79 Å². The number of rotatable bonds is 2. The predicted octanol–water partition coefficient (Wildman–Crippen LogP) is 1.02. The van der Waals surface area contributed by atoms with Gasteiger partial charge in [-0.1, -0.05) is 0 Å². The maximum Gasteiger partial charge on any atom is 0.270 e. The number of amides is 1. The highest BCUT2D eigenvalue weighted by Crippen LogP contribution is 2.19. The van der Waals surface area contributed by atoms with Crippen LogP contribution in [-0.4, -0.2) is 10.9 Å². The predicted molar refractivity (Wildman–Crippen MR) is 54.9 cm³/mol. The molecule has 0 saturated heterocycles. The lowest BCUT2D eigenvalue weighted by atomic mass is 10.2. The molecule has 4 N–H and O–H groups in total. The topological polar surface area (TPSA) is 95.1 Å². The molecule has 5 heteroatoms. The van der Waals surface area contributed by atoms with Gasteiger partial charge in [-0.3, -0.25) is 4.79 Å². The van der Waals surface area contributed by atoms with Gasteiger partial charge in [0.25, 0.3) is 5.91 Å². The average Bonchev–Trinajstić information content (AvgIpc) is 2.68. The Kier molecular flexibility index (Phi) is 2.13. The highest BCUT2D eigenvalue weighted by Gasteiger charge is 2.09. The van der Waals surface area contributed by atoms with Crippen LogP contribution < -0.4 is 11.5 Å². The Morgan fingerprint density at radius 1 is 1.27 bits per heavy atom. The molecule has 76 valence electrons. The van der Waals surface area contributed by atoms with Crippen molar-refractivity contribution in [2.75, 3.05) is 5.73 Å². The van der Waals surface area contributed by atoms with Crippen LogP contribution in [-0.2, 0) is 0 Å². The number of aromatic nitrogens is 1. The van der Waals surface area contributed by atoms with Crippen LogP contribution in [0.15, 0.2) is 34.9 Å². The lowest BCUT2D eigenvalue weighted by Gasteiger charge is -1.95. The summed E-state index contributed by atoms with van der Waals surface area (Å²) in [6.07, 6.45) is 1.23. The van der Waals surface area contributed by atoms with Gasteiger partial charge >= 0.3 is 0 Å². The summed E-state index contributed by atoms with van der Waals surface area (Å²) in [7, 11) is 0. The van der Waals surface area contributed by atoms with Crippen LogP contribution >= 0.6 is 0 Å². The molecule has 0 aliphatic carbocycles. The molecule has 0 bridgehead atoms. The van der Waals surface area contributed by atoms with Crippen LogP contribution in [0.25, 0.3) is 11.5 Å². The molecule has 0 atom stereocenters. The van der Waals surface area contributed by atoms with Crippen molar-refractivity contribution in [3.05, 3.63) is 36.2 Å². The van der Waals surface area contributed by atoms with E-state index >= 15 is 0 Å². The van der Waals surface area contributed by atoms with E-state index in [1.807, 2.05) is 0 Å². The first-order valence-corrected chi connectivity index (χ1v) is 4.28. The number of carbonyl (C=O) groups excluding carboxylic acids is 1. The van der Waals surface area contributed by atoms with Gasteiger partial charge in [0, 0.05) is 11.3 Å². The molecule has 1 aromatic carbocycles. The van der Waals surface area contributed by atoms with Crippen molar-refractivity contribution < 1.29 is 9.21 Å². The van der Waals surface area contributed by atoms with Gasteiger partial charge in [0.1, 0.15) is 6.26 Å². The van der Waals surface area contributed by atoms with Crippen LogP contribution in [0.1, 0.15) is 10.5 Å². The lowest BCUT2D eigenvalue weighted by molar-refractivity contribution is 0.0995. The second-order valence-corrected chi connectivity index (χ2v) is 3.02. The Hall–Kier alpha value is -2.30. The van der Waals surface area contributed by atoms with Crippen molar-refractivity contribution in [1.29, 1.82) is 0 Å². The number of hydrogen-bond acceptors (Lipinski definition) is 4. The smallest absolute Gasteiger partial charge is 0.270 e. The molecule has 1 aromatic heterocycles. The maximum absolute atomic E-state index is 10.8. The first-order valence-electron chi connectivity index (χ1n) is 4.28. The largest absolute Gasteiger partial charge is 0.444 e. The SMILES string of the molecule is NC(=O)c1coc(-c2ccc(N)cc2)n1. The van der Waals surface area contributed by atoms with E-state index in [-0.39, 0.29) is 5.69 Å². The zero-order valence-electron chi connectivity index (χ0n) is 7.81. The van der Waals surface area contributed by atoms with Gasteiger partial charge in [-0.25, -0.2) is 4.98 Å². The van der Waals surface area contributed by atoms with Gasteiger partial charge in [-0.2, -0.15) is 0 Å². The molecule has 0 aliphatic heterocycles. The molecule has 15 heavy (non-hydrogen) atoms. The molecule has 0 spiro atoms. The Morgan fingerprint density at radius 2 is 1.93 bits per heavy atom. The highest BCUT2D eigenvalue weighted by atomic mass is 16.3. The number of benzene rings is 1. The molecule has 0 saturated carbocycles. The first-order chi connectivity index (χ1) is 7.16. The van der Waals surface area contributed by atoms with Crippen molar-refractivity contribution in [1.82, 2.24) is 4.98 Å². The molecular weight excluding hydrogens is 194 g/mol. The van der Waals surface area contributed by atoms with E-state index in [2.05, 4.69) is 4.98 Å². The first kappa shape index (κ1) is 9.26. The quantitative estimate of drug-likeness (QED) is 0.712. The average molecular weight is 203 g/mol. The van der Waals surface area contributed by atoms with Gasteiger partial charge in [-0.05, 0) is 24.3 Å². The third kappa shape index (κ3) is 1.80. The molecule has 0 unspecified atom stereocenters. The van der Waals surface area contributed by atoms with E-state index in [1.165, 1.54) is 6.26 Å². The van der Waals surface area contributed by atoms with E-state index in [0.29, 0.717) is 11.6 Å². The molecule has 5 nitrogen and oxygen atoms in total. The molecule has 0 aliphatic rings. The third-order valence-corrected chi connectivity index (χ3v) is 1.91. The molecule has 2 rings (SSSR count). The maximum atomic E-state index is 10.8. The second kappa shape index (κ2) is 3.45. The zero-order chi connectivity index (χ0) is 10.8. The normalized spacial score (nSPS) is 10.1. The number of carbonyl (C=O) groups is 1. The summed E-state index contributed by atoms with van der Waals surface area (Å²) in [5, 5.41) is 0. The van der Waals surface area contributed by atoms with Crippen LogP contribution in [0.2, 0.25) is 0 Å². The fraction of sp³-hybridized carbons (Fsp3) is 0. The van der Waals surface area contributed by atoms with Gasteiger partial charge in [0.15, 0.2) is 5.69 Å². The molecular formula is C10H9N3O2. The Morgan fingerprint density at radius 3 is 2.47 bits per heavy atom. The van der Waals surface area contributed by atoms with Crippen molar-refractivity contribution >= 4 is 11.6 Å². The fourth-order valence-electron chi connectivity index (χ4n) is 1.15. The van der Waals surface area contributed by atoms with Crippen molar-refractivity contribution in [2.24, 2.45) is 5.73 Å². The van der Waals surface area contributed by atoms with E-state index < -0.39 is 5.91 Å².